The second kappa shape index (κ2) is 7.56. The molecule has 1 rings (SSSR count). The third-order valence-corrected chi connectivity index (χ3v) is 4.43. The molecule has 1 aliphatic rings. The maximum absolute atomic E-state index is 11.7. The lowest BCUT2D eigenvalue weighted by atomic mass is 9.89. The van der Waals surface area contributed by atoms with E-state index in [4.69, 9.17) is 4.74 Å². The standard InChI is InChI=1S/C16H32N2O3/c1-6-16(14(19)20,17-13(2)3)8-7-9-18-10-11-21-12-15(18,4)5/h13,17H,6-12H2,1-5H3,(H,19,20). The summed E-state index contributed by atoms with van der Waals surface area (Å²) in [5.41, 5.74) is -0.758. The van der Waals surface area contributed by atoms with Crippen molar-refractivity contribution in [2.45, 2.75) is 71.0 Å². The van der Waals surface area contributed by atoms with E-state index < -0.39 is 11.5 Å². The Morgan fingerprint density at radius 1 is 1.48 bits per heavy atom. The molecule has 0 aromatic carbocycles. The van der Waals surface area contributed by atoms with Crippen LogP contribution in [0, 0.1) is 0 Å². The van der Waals surface area contributed by atoms with Crippen LogP contribution in [0.5, 0.6) is 0 Å². The van der Waals surface area contributed by atoms with Gasteiger partial charge in [-0.1, -0.05) is 6.92 Å². The van der Waals surface area contributed by atoms with Gasteiger partial charge in [0.2, 0.25) is 0 Å². The van der Waals surface area contributed by atoms with E-state index in [1.807, 2.05) is 20.8 Å². The molecule has 0 saturated carbocycles. The Kier molecular flexibility index (Phi) is 6.63. The zero-order valence-electron chi connectivity index (χ0n) is 14.2. The fraction of sp³-hybridized carbons (Fsp3) is 0.938. The van der Waals surface area contributed by atoms with Gasteiger partial charge in [0.05, 0.1) is 13.2 Å². The van der Waals surface area contributed by atoms with Crippen molar-refractivity contribution in [3.8, 4) is 0 Å². The van der Waals surface area contributed by atoms with Crippen LogP contribution in [-0.4, -0.2) is 59.4 Å². The predicted molar refractivity (Wildman–Crippen MR) is 84.6 cm³/mol. The molecular formula is C16H32N2O3. The number of carboxylic acids is 1. The molecule has 5 nitrogen and oxygen atoms in total. The number of carbonyl (C=O) groups is 1. The number of carboxylic acid groups (broad SMARTS) is 1. The average Bonchev–Trinajstić information content (AvgIpc) is 2.38. The molecule has 2 N–H and O–H groups in total. The lowest BCUT2D eigenvalue weighted by Crippen LogP contribution is -2.56. The minimum atomic E-state index is -0.801. The van der Waals surface area contributed by atoms with Gasteiger partial charge in [0.15, 0.2) is 0 Å². The van der Waals surface area contributed by atoms with Crippen LogP contribution in [0.4, 0.5) is 0 Å². The Balaban J connectivity index is 2.59. The molecule has 0 aromatic heterocycles. The highest BCUT2D eigenvalue weighted by Crippen LogP contribution is 2.23. The molecule has 0 spiro atoms. The van der Waals surface area contributed by atoms with Crippen molar-refractivity contribution in [3.05, 3.63) is 0 Å². The van der Waals surface area contributed by atoms with Gasteiger partial charge in [-0.25, -0.2) is 0 Å². The Hall–Kier alpha value is -0.650. The largest absolute Gasteiger partial charge is 0.480 e. The second-order valence-corrected chi connectivity index (χ2v) is 7.00. The smallest absolute Gasteiger partial charge is 0.323 e. The molecule has 0 bridgehead atoms. The highest BCUT2D eigenvalue weighted by molar-refractivity contribution is 5.78. The van der Waals surface area contributed by atoms with Crippen LogP contribution >= 0.6 is 0 Å². The van der Waals surface area contributed by atoms with Crippen molar-refractivity contribution in [2.24, 2.45) is 0 Å². The molecule has 21 heavy (non-hydrogen) atoms. The number of nitrogens with one attached hydrogen (secondary N) is 1. The van der Waals surface area contributed by atoms with Crippen LogP contribution in [0.3, 0.4) is 0 Å². The third kappa shape index (κ3) is 4.94. The minimum absolute atomic E-state index is 0.0435. The van der Waals surface area contributed by atoms with E-state index in [9.17, 15) is 9.90 Å². The van der Waals surface area contributed by atoms with Crippen LogP contribution < -0.4 is 5.32 Å². The lowest BCUT2D eigenvalue weighted by Gasteiger charge is -2.42. The Morgan fingerprint density at radius 3 is 2.62 bits per heavy atom. The zero-order valence-corrected chi connectivity index (χ0v) is 14.2. The van der Waals surface area contributed by atoms with E-state index in [2.05, 4.69) is 24.1 Å². The quantitative estimate of drug-likeness (QED) is 0.719. The summed E-state index contributed by atoms with van der Waals surface area (Å²) < 4.78 is 5.53. The van der Waals surface area contributed by atoms with Crippen LogP contribution in [0.1, 0.15) is 53.9 Å². The first kappa shape index (κ1) is 18.4. The van der Waals surface area contributed by atoms with Crippen molar-refractivity contribution in [1.29, 1.82) is 0 Å². The first-order valence-corrected chi connectivity index (χ1v) is 8.07. The van der Waals surface area contributed by atoms with Gasteiger partial charge in [-0.2, -0.15) is 0 Å². The summed E-state index contributed by atoms with van der Waals surface area (Å²) >= 11 is 0. The molecule has 0 aliphatic carbocycles. The summed E-state index contributed by atoms with van der Waals surface area (Å²) in [5, 5.41) is 12.9. The monoisotopic (exact) mass is 300 g/mol. The van der Waals surface area contributed by atoms with Crippen molar-refractivity contribution < 1.29 is 14.6 Å². The van der Waals surface area contributed by atoms with Crippen molar-refractivity contribution in [3.63, 3.8) is 0 Å². The maximum Gasteiger partial charge on any atom is 0.323 e. The van der Waals surface area contributed by atoms with E-state index in [0.717, 1.165) is 32.7 Å². The number of rotatable bonds is 8. The number of aliphatic carboxylic acids is 1. The molecule has 0 aromatic rings. The first-order valence-electron chi connectivity index (χ1n) is 8.07. The molecule has 1 fully saturated rings. The number of ether oxygens (including phenoxy) is 1. The summed E-state index contributed by atoms with van der Waals surface area (Å²) in [5.74, 6) is -0.736. The van der Waals surface area contributed by atoms with Gasteiger partial charge >= 0.3 is 5.97 Å². The van der Waals surface area contributed by atoms with Crippen molar-refractivity contribution >= 4 is 5.97 Å². The molecule has 1 atom stereocenters. The van der Waals surface area contributed by atoms with Gasteiger partial charge < -0.3 is 9.84 Å². The fourth-order valence-electron chi connectivity index (χ4n) is 3.10. The SMILES string of the molecule is CCC(CCCN1CCOCC1(C)C)(NC(C)C)C(=O)O. The van der Waals surface area contributed by atoms with E-state index in [0.29, 0.717) is 12.8 Å². The van der Waals surface area contributed by atoms with Crippen molar-refractivity contribution in [1.82, 2.24) is 10.2 Å². The van der Waals surface area contributed by atoms with Gasteiger partial charge in [0.25, 0.3) is 0 Å². The summed E-state index contributed by atoms with van der Waals surface area (Å²) in [4.78, 5) is 14.1. The van der Waals surface area contributed by atoms with Crippen LogP contribution in [0.25, 0.3) is 0 Å². The zero-order chi connectivity index (χ0) is 16.1. The molecule has 1 heterocycles. The Bertz CT molecular complexity index is 344. The fourth-order valence-corrected chi connectivity index (χ4v) is 3.10. The Morgan fingerprint density at radius 2 is 2.14 bits per heavy atom. The predicted octanol–water partition coefficient (Wildman–Crippen LogP) is 2.11. The highest BCUT2D eigenvalue weighted by atomic mass is 16.5. The maximum atomic E-state index is 11.7. The van der Waals surface area contributed by atoms with Crippen LogP contribution in [0.2, 0.25) is 0 Å². The molecule has 1 unspecified atom stereocenters. The average molecular weight is 300 g/mol. The van der Waals surface area contributed by atoms with E-state index in [1.165, 1.54) is 0 Å². The number of hydrogen-bond donors (Lipinski definition) is 2. The molecule has 5 heteroatoms. The van der Waals surface area contributed by atoms with Gasteiger partial charge in [-0.15, -0.1) is 0 Å². The summed E-state index contributed by atoms with van der Waals surface area (Å²) in [6, 6.07) is 0.167. The van der Waals surface area contributed by atoms with Gasteiger partial charge in [-0.05, 0) is 53.5 Å². The third-order valence-electron chi connectivity index (χ3n) is 4.43. The minimum Gasteiger partial charge on any atom is -0.480 e. The van der Waals surface area contributed by atoms with E-state index in [-0.39, 0.29) is 11.6 Å². The van der Waals surface area contributed by atoms with Gasteiger partial charge in [0, 0.05) is 18.1 Å². The first-order chi connectivity index (χ1) is 9.73. The summed E-state index contributed by atoms with van der Waals surface area (Å²) in [6.07, 6.45) is 2.14. The van der Waals surface area contributed by atoms with Crippen molar-refractivity contribution in [2.75, 3.05) is 26.3 Å². The van der Waals surface area contributed by atoms with E-state index in [1.54, 1.807) is 0 Å². The second-order valence-electron chi connectivity index (χ2n) is 7.00. The lowest BCUT2D eigenvalue weighted by molar-refractivity contribution is -0.146. The molecule has 124 valence electrons. The summed E-state index contributed by atoms with van der Waals surface area (Å²) in [6.45, 7) is 13.7. The van der Waals surface area contributed by atoms with Gasteiger partial charge in [-0.3, -0.25) is 15.0 Å². The van der Waals surface area contributed by atoms with Crippen LogP contribution in [0.15, 0.2) is 0 Å². The molecule has 0 amide bonds. The van der Waals surface area contributed by atoms with Gasteiger partial charge in [0.1, 0.15) is 5.54 Å². The Labute approximate surface area is 129 Å². The topological polar surface area (TPSA) is 61.8 Å². The molecule has 1 aliphatic heterocycles. The molecule has 0 radical (unpaired) electrons. The number of hydrogen-bond acceptors (Lipinski definition) is 4. The van der Waals surface area contributed by atoms with Crippen LogP contribution in [-0.2, 0) is 9.53 Å². The number of morpholine rings is 1. The highest BCUT2D eigenvalue weighted by Gasteiger charge is 2.37. The number of nitrogens with zero attached hydrogens (tertiary/aromatic N) is 1. The normalized spacial score (nSPS) is 22.2. The molecular weight excluding hydrogens is 268 g/mol. The summed E-state index contributed by atoms with van der Waals surface area (Å²) in [7, 11) is 0. The molecule has 1 saturated heterocycles. The van der Waals surface area contributed by atoms with E-state index >= 15 is 0 Å².